The highest BCUT2D eigenvalue weighted by Gasteiger charge is 2.21. The number of rotatable bonds is 5. The molecule has 0 atom stereocenters. The molecule has 0 saturated heterocycles. The lowest BCUT2D eigenvalue weighted by molar-refractivity contribution is 0.285. The monoisotopic (exact) mass is 379 g/mol. The van der Waals surface area contributed by atoms with Gasteiger partial charge in [-0.2, -0.15) is 5.10 Å². The number of halogens is 1. The Morgan fingerprint density at radius 2 is 2.25 bits per heavy atom. The topological polar surface area (TPSA) is 84.2 Å². The number of aliphatic hydroxyl groups is 1. The van der Waals surface area contributed by atoms with Gasteiger partial charge < -0.3 is 5.11 Å². The van der Waals surface area contributed by atoms with Gasteiger partial charge in [0.2, 0.25) is 0 Å². The van der Waals surface area contributed by atoms with Gasteiger partial charge in [0.15, 0.2) is 0 Å². The van der Waals surface area contributed by atoms with Crippen LogP contribution in [0, 0.1) is 0 Å². The van der Waals surface area contributed by atoms with Gasteiger partial charge >= 0.3 is 0 Å². The standard InChI is InChI=1S/C11H14BrN3O3S2/c1-7(2)15-5-8(4-13-15)14-20(17,18)10-3-9(6-16)19-11(10)12/h3-5,7,14,16H,6H2,1-2H3. The number of hydrogen-bond acceptors (Lipinski definition) is 5. The van der Waals surface area contributed by atoms with Crippen LogP contribution in [-0.2, 0) is 16.6 Å². The van der Waals surface area contributed by atoms with Crippen LogP contribution in [0.25, 0.3) is 0 Å². The molecule has 0 fully saturated rings. The molecule has 0 aliphatic carbocycles. The maximum Gasteiger partial charge on any atom is 0.263 e. The minimum Gasteiger partial charge on any atom is -0.391 e. The van der Waals surface area contributed by atoms with Crippen LogP contribution in [0.3, 0.4) is 0 Å². The molecule has 2 heterocycles. The van der Waals surface area contributed by atoms with Gasteiger partial charge in [-0.1, -0.05) is 0 Å². The molecule has 0 aliphatic rings. The summed E-state index contributed by atoms with van der Waals surface area (Å²) in [7, 11) is -3.70. The third kappa shape index (κ3) is 3.22. The quantitative estimate of drug-likeness (QED) is 0.835. The SMILES string of the molecule is CC(C)n1cc(NS(=O)(=O)c2cc(CO)sc2Br)cn1. The first-order valence-electron chi connectivity index (χ1n) is 5.79. The van der Waals surface area contributed by atoms with Gasteiger partial charge in [0.1, 0.15) is 4.90 Å². The molecule has 0 aliphatic heterocycles. The van der Waals surface area contributed by atoms with Gasteiger partial charge in [0.05, 0.1) is 22.3 Å². The van der Waals surface area contributed by atoms with E-state index in [1.807, 2.05) is 13.8 Å². The van der Waals surface area contributed by atoms with Crippen LogP contribution in [0.15, 0.2) is 27.1 Å². The van der Waals surface area contributed by atoms with Gasteiger partial charge in [0, 0.05) is 17.1 Å². The zero-order chi connectivity index (χ0) is 14.9. The number of aliphatic hydroxyl groups excluding tert-OH is 1. The van der Waals surface area contributed by atoms with Gasteiger partial charge in [-0.15, -0.1) is 11.3 Å². The Labute approximate surface area is 129 Å². The second-order valence-electron chi connectivity index (χ2n) is 4.42. The molecule has 0 spiro atoms. The summed E-state index contributed by atoms with van der Waals surface area (Å²) in [6, 6.07) is 1.60. The van der Waals surface area contributed by atoms with Gasteiger partial charge in [-0.3, -0.25) is 9.40 Å². The van der Waals surface area contributed by atoms with Crippen LogP contribution in [0.1, 0.15) is 24.8 Å². The Hall–Kier alpha value is -0.900. The number of aromatic nitrogens is 2. The van der Waals surface area contributed by atoms with E-state index < -0.39 is 10.0 Å². The van der Waals surface area contributed by atoms with Crippen LogP contribution in [0.4, 0.5) is 5.69 Å². The Bertz CT molecular complexity index is 706. The minimum atomic E-state index is -3.70. The second-order valence-corrected chi connectivity index (χ2v) is 8.52. The summed E-state index contributed by atoms with van der Waals surface area (Å²) in [4.78, 5) is 0.693. The molecule has 2 rings (SSSR count). The number of hydrogen-bond donors (Lipinski definition) is 2. The Balaban J connectivity index is 2.28. The number of nitrogens with one attached hydrogen (secondary N) is 1. The van der Waals surface area contributed by atoms with E-state index in [9.17, 15) is 8.42 Å². The maximum atomic E-state index is 12.3. The minimum absolute atomic E-state index is 0.115. The zero-order valence-electron chi connectivity index (χ0n) is 10.9. The lowest BCUT2D eigenvalue weighted by Crippen LogP contribution is -2.12. The first kappa shape index (κ1) is 15.5. The maximum absolute atomic E-state index is 12.3. The van der Waals surface area contributed by atoms with Crippen molar-refractivity contribution in [2.75, 3.05) is 4.72 Å². The van der Waals surface area contributed by atoms with Crippen molar-refractivity contribution in [3.05, 3.63) is 27.1 Å². The smallest absolute Gasteiger partial charge is 0.263 e. The van der Waals surface area contributed by atoms with Gasteiger partial charge in [0.25, 0.3) is 10.0 Å². The number of anilines is 1. The third-order valence-corrected chi connectivity index (χ3v) is 6.15. The van der Waals surface area contributed by atoms with E-state index in [2.05, 4.69) is 25.8 Å². The van der Waals surface area contributed by atoms with Crippen molar-refractivity contribution < 1.29 is 13.5 Å². The molecular formula is C11H14BrN3O3S2. The first-order valence-corrected chi connectivity index (χ1v) is 8.89. The zero-order valence-corrected chi connectivity index (χ0v) is 14.1. The van der Waals surface area contributed by atoms with Crippen LogP contribution < -0.4 is 4.72 Å². The van der Waals surface area contributed by atoms with E-state index in [4.69, 9.17) is 5.11 Å². The molecular weight excluding hydrogens is 366 g/mol. The van der Waals surface area contributed by atoms with Crippen LogP contribution >= 0.6 is 27.3 Å². The van der Waals surface area contributed by atoms with Crippen LogP contribution in [0.5, 0.6) is 0 Å². The summed E-state index contributed by atoms with van der Waals surface area (Å²) in [5, 5.41) is 13.1. The van der Waals surface area contributed by atoms with Gasteiger partial charge in [-0.25, -0.2) is 8.42 Å². The average Bonchev–Trinajstić information content (AvgIpc) is 2.95. The van der Waals surface area contributed by atoms with E-state index in [0.717, 1.165) is 0 Å². The molecule has 0 unspecified atom stereocenters. The second kappa shape index (κ2) is 5.84. The fourth-order valence-electron chi connectivity index (χ4n) is 1.54. The van der Waals surface area contributed by atoms with Gasteiger partial charge in [-0.05, 0) is 35.8 Å². The molecule has 2 N–H and O–H groups in total. The predicted octanol–water partition coefficient (Wildman–Crippen LogP) is 2.58. The molecule has 9 heteroatoms. The third-order valence-electron chi connectivity index (χ3n) is 2.53. The summed E-state index contributed by atoms with van der Waals surface area (Å²) in [6.45, 7) is 3.71. The molecule has 0 saturated carbocycles. The molecule has 0 bridgehead atoms. The van der Waals surface area contributed by atoms with Crippen molar-refractivity contribution in [2.45, 2.75) is 31.4 Å². The van der Waals surface area contributed by atoms with Crippen molar-refractivity contribution in [3.63, 3.8) is 0 Å². The fourth-order valence-corrected chi connectivity index (χ4v) is 5.11. The summed E-state index contributed by atoms with van der Waals surface area (Å²) in [6.07, 6.45) is 3.10. The van der Waals surface area contributed by atoms with E-state index >= 15 is 0 Å². The number of sulfonamides is 1. The van der Waals surface area contributed by atoms with Crippen molar-refractivity contribution in [1.82, 2.24) is 9.78 Å². The number of nitrogens with zero attached hydrogens (tertiary/aromatic N) is 2. The van der Waals surface area contributed by atoms with E-state index in [-0.39, 0.29) is 17.5 Å². The lowest BCUT2D eigenvalue weighted by Gasteiger charge is -2.05. The van der Waals surface area contributed by atoms with E-state index in [0.29, 0.717) is 14.4 Å². The Kier molecular flexibility index (Phi) is 4.52. The molecule has 0 aromatic carbocycles. The molecule has 2 aromatic rings. The highest BCUT2D eigenvalue weighted by atomic mass is 79.9. The largest absolute Gasteiger partial charge is 0.391 e. The molecule has 0 amide bonds. The van der Waals surface area contributed by atoms with Crippen LogP contribution in [0.2, 0.25) is 0 Å². The summed E-state index contributed by atoms with van der Waals surface area (Å²) < 4.78 is 29.2. The summed E-state index contributed by atoms with van der Waals surface area (Å²) >= 11 is 4.39. The Morgan fingerprint density at radius 3 is 2.75 bits per heavy atom. The van der Waals surface area contributed by atoms with Crippen LogP contribution in [-0.4, -0.2) is 23.3 Å². The van der Waals surface area contributed by atoms with Crippen molar-refractivity contribution in [2.24, 2.45) is 0 Å². The Morgan fingerprint density at radius 1 is 1.55 bits per heavy atom. The highest BCUT2D eigenvalue weighted by Crippen LogP contribution is 2.32. The highest BCUT2D eigenvalue weighted by molar-refractivity contribution is 9.11. The average molecular weight is 380 g/mol. The number of thiophene rings is 1. The van der Waals surface area contributed by atoms with E-state index in [1.165, 1.54) is 23.6 Å². The molecule has 110 valence electrons. The summed E-state index contributed by atoms with van der Waals surface area (Å²) in [5.41, 5.74) is 0.405. The molecule has 0 radical (unpaired) electrons. The van der Waals surface area contributed by atoms with Crippen molar-refractivity contribution in [3.8, 4) is 0 Å². The van der Waals surface area contributed by atoms with E-state index in [1.54, 1.807) is 10.9 Å². The first-order chi connectivity index (χ1) is 9.33. The normalized spacial score (nSPS) is 12.1. The summed E-state index contributed by atoms with van der Waals surface area (Å²) in [5.74, 6) is 0. The molecule has 20 heavy (non-hydrogen) atoms. The predicted molar refractivity (Wildman–Crippen MR) is 81.4 cm³/mol. The molecule has 6 nitrogen and oxygen atoms in total. The molecule has 2 aromatic heterocycles. The fraction of sp³-hybridized carbons (Fsp3) is 0.364. The van der Waals surface area contributed by atoms with Crippen molar-refractivity contribution >= 4 is 43.0 Å². The van der Waals surface area contributed by atoms with Crippen molar-refractivity contribution in [1.29, 1.82) is 0 Å². The lowest BCUT2D eigenvalue weighted by atomic mass is 10.4.